The van der Waals surface area contributed by atoms with Crippen LogP contribution in [0.25, 0.3) is 5.57 Å². The average Bonchev–Trinajstić information content (AvgIpc) is 2.46. The SMILES string of the molecule is COc1ncc(C2=CC=CN3CCSN=C23)cc1Cl. The fraction of sp³-hybridized carbons (Fsp3) is 0.231. The molecule has 0 spiro atoms. The van der Waals surface area contributed by atoms with Gasteiger partial charge in [0.1, 0.15) is 10.9 Å². The highest BCUT2D eigenvalue weighted by Crippen LogP contribution is 2.30. The molecule has 19 heavy (non-hydrogen) atoms. The van der Waals surface area contributed by atoms with Crippen LogP contribution in [0.1, 0.15) is 5.56 Å². The van der Waals surface area contributed by atoms with Crippen molar-refractivity contribution < 1.29 is 4.74 Å². The molecule has 2 aliphatic heterocycles. The number of halogens is 1. The molecule has 0 aliphatic carbocycles. The van der Waals surface area contributed by atoms with Gasteiger partial charge in [-0.05, 0) is 30.2 Å². The van der Waals surface area contributed by atoms with E-state index in [1.807, 2.05) is 24.4 Å². The summed E-state index contributed by atoms with van der Waals surface area (Å²) >= 11 is 7.72. The van der Waals surface area contributed by atoms with Crippen LogP contribution < -0.4 is 4.74 Å². The van der Waals surface area contributed by atoms with E-state index in [9.17, 15) is 0 Å². The lowest BCUT2D eigenvalue weighted by molar-refractivity contribution is 0.398. The Bertz CT molecular complexity index is 598. The molecule has 0 unspecified atom stereocenters. The fourth-order valence-corrected chi connectivity index (χ4v) is 2.96. The first kappa shape index (κ1) is 12.6. The van der Waals surface area contributed by atoms with E-state index in [1.54, 1.807) is 25.3 Å². The third-order valence-corrected chi connectivity index (χ3v) is 3.87. The molecule has 0 amide bonds. The van der Waals surface area contributed by atoms with Crippen LogP contribution in [0.3, 0.4) is 0 Å². The van der Waals surface area contributed by atoms with E-state index in [0.29, 0.717) is 10.9 Å². The number of fused-ring (bicyclic) bond motifs is 1. The Labute approximate surface area is 121 Å². The molecule has 0 atom stereocenters. The van der Waals surface area contributed by atoms with E-state index >= 15 is 0 Å². The van der Waals surface area contributed by atoms with Crippen LogP contribution in [-0.2, 0) is 0 Å². The Kier molecular flexibility index (Phi) is 3.48. The van der Waals surface area contributed by atoms with Gasteiger partial charge in [0.2, 0.25) is 5.88 Å². The molecule has 6 heteroatoms. The van der Waals surface area contributed by atoms with E-state index in [-0.39, 0.29) is 0 Å². The highest BCUT2D eigenvalue weighted by Gasteiger charge is 2.22. The summed E-state index contributed by atoms with van der Waals surface area (Å²) in [7, 11) is 1.56. The molecule has 0 saturated heterocycles. The van der Waals surface area contributed by atoms with Crippen LogP contribution >= 0.6 is 23.5 Å². The summed E-state index contributed by atoms with van der Waals surface area (Å²) in [5, 5.41) is 0.506. The Morgan fingerprint density at radius 1 is 1.47 bits per heavy atom. The minimum absolute atomic E-state index is 0.439. The molecule has 1 aromatic rings. The van der Waals surface area contributed by atoms with Crippen LogP contribution in [-0.4, -0.2) is 35.1 Å². The molecule has 0 aromatic carbocycles. The summed E-state index contributed by atoms with van der Waals surface area (Å²) in [5.74, 6) is 2.40. The Morgan fingerprint density at radius 3 is 3.16 bits per heavy atom. The van der Waals surface area contributed by atoms with Crippen molar-refractivity contribution in [1.82, 2.24) is 9.88 Å². The number of hydrogen-bond acceptors (Lipinski definition) is 5. The Balaban J connectivity index is 2.01. The van der Waals surface area contributed by atoms with Crippen molar-refractivity contribution in [3.8, 4) is 5.88 Å². The van der Waals surface area contributed by atoms with Crippen LogP contribution in [0.2, 0.25) is 5.02 Å². The maximum absolute atomic E-state index is 6.13. The minimum atomic E-state index is 0.439. The van der Waals surface area contributed by atoms with Gasteiger partial charge in [0.25, 0.3) is 0 Å². The van der Waals surface area contributed by atoms with Crippen molar-refractivity contribution in [3.63, 3.8) is 0 Å². The Morgan fingerprint density at radius 2 is 2.37 bits per heavy atom. The van der Waals surface area contributed by atoms with Gasteiger partial charge in [-0.2, -0.15) is 4.40 Å². The van der Waals surface area contributed by atoms with E-state index in [2.05, 4.69) is 14.3 Å². The van der Waals surface area contributed by atoms with Gasteiger partial charge in [0.15, 0.2) is 0 Å². The number of hydrogen-bond donors (Lipinski definition) is 0. The highest BCUT2D eigenvalue weighted by atomic mass is 35.5. The molecule has 4 nitrogen and oxygen atoms in total. The molecular weight excluding hydrogens is 282 g/mol. The van der Waals surface area contributed by atoms with Crippen LogP contribution in [0, 0.1) is 0 Å². The van der Waals surface area contributed by atoms with Crippen LogP contribution in [0.4, 0.5) is 0 Å². The molecule has 0 bridgehead atoms. The molecule has 0 radical (unpaired) electrons. The maximum Gasteiger partial charge on any atom is 0.232 e. The molecule has 98 valence electrons. The largest absolute Gasteiger partial charge is 0.480 e. The fourth-order valence-electron chi connectivity index (χ4n) is 2.02. The number of allylic oxidation sites excluding steroid dienone is 2. The predicted octanol–water partition coefficient (Wildman–Crippen LogP) is 3.02. The van der Waals surface area contributed by atoms with Crippen molar-refractivity contribution in [1.29, 1.82) is 0 Å². The lowest BCUT2D eigenvalue weighted by Gasteiger charge is -2.29. The second-order valence-corrected chi connectivity index (χ2v) is 5.33. The predicted molar refractivity (Wildman–Crippen MR) is 79.5 cm³/mol. The first-order valence-electron chi connectivity index (χ1n) is 5.85. The monoisotopic (exact) mass is 293 g/mol. The second kappa shape index (κ2) is 5.27. The number of methoxy groups -OCH3 is 1. The molecule has 3 rings (SSSR count). The lowest BCUT2D eigenvalue weighted by Crippen LogP contribution is -2.32. The van der Waals surface area contributed by atoms with Gasteiger partial charge in [-0.15, -0.1) is 0 Å². The van der Waals surface area contributed by atoms with E-state index in [1.165, 1.54) is 0 Å². The summed E-state index contributed by atoms with van der Waals surface area (Å²) in [6.45, 7) is 0.967. The third kappa shape index (κ3) is 2.35. The standard InChI is InChI=1S/C13H12ClN3OS/c1-18-13-11(14)7-9(8-15-13)10-3-2-4-17-5-6-19-16-12(10)17/h2-4,7-8H,5-6H2,1H3. The van der Waals surface area contributed by atoms with E-state index in [0.717, 1.165) is 29.3 Å². The van der Waals surface area contributed by atoms with Crippen molar-refractivity contribution >= 4 is 35.0 Å². The number of rotatable bonds is 2. The van der Waals surface area contributed by atoms with Crippen molar-refractivity contribution in [2.75, 3.05) is 19.4 Å². The average molecular weight is 294 g/mol. The summed E-state index contributed by atoms with van der Waals surface area (Å²) in [6.07, 6.45) is 7.85. The second-order valence-electron chi connectivity index (χ2n) is 4.08. The van der Waals surface area contributed by atoms with Gasteiger partial charge in [0, 0.05) is 35.8 Å². The van der Waals surface area contributed by atoms with Crippen LogP contribution in [0.15, 0.2) is 35.0 Å². The zero-order valence-corrected chi connectivity index (χ0v) is 11.9. The molecule has 0 fully saturated rings. The van der Waals surface area contributed by atoms with Crippen LogP contribution in [0.5, 0.6) is 5.88 Å². The zero-order valence-electron chi connectivity index (χ0n) is 10.3. The number of aromatic nitrogens is 1. The molecule has 3 heterocycles. The van der Waals surface area contributed by atoms with E-state index in [4.69, 9.17) is 16.3 Å². The number of pyridine rings is 1. The van der Waals surface area contributed by atoms with Crippen molar-refractivity contribution in [3.05, 3.63) is 41.2 Å². The number of nitrogens with zero attached hydrogens (tertiary/aromatic N) is 3. The van der Waals surface area contributed by atoms with Crippen molar-refractivity contribution in [2.45, 2.75) is 0 Å². The molecule has 2 aliphatic rings. The first-order chi connectivity index (χ1) is 9.29. The zero-order chi connectivity index (χ0) is 13.2. The normalized spacial score (nSPS) is 17.7. The van der Waals surface area contributed by atoms with Gasteiger partial charge >= 0.3 is 0 Å². The summed E-state index contributed by atoms with van der Waals surface area (Å²) in [5.41, 5.74) is 1.98. The van der Waals surface area contributed by atoms with Crippen molar-refractivity contribution in [2.24, 2.45) is 4.40 Å². The van der Waals surface area contributed by atoms with Gasteiger partial charge in [0.05, 0.1) is 7.11 Å². The molecule has 1 aromatic heterocycles. The summed E-state index contributed by atoms with van der Waals surface area (Å²) in [4.78, 5) is 6.35. The molecule has 0 saturated carbocycles. The summed E-state index contributed by atoms with van der Waals surface area (Å²) < 4.78 is 9.59. The van der Waals surface area contributed by atoms with Gasteiger partial charge in [-0.3, -0.25) is 0 Å². The highest BCUT2D eigenvalue weighted by molar-refractivity contribution is 7.98. The first-order valence-corrected chi connectivity index (χ1v) is 7.17. The van der Waals surface area contributed by atoms with E-state index < -0.39 is 0 Å². The lowest BCUT2D eigenvalue weighted by atomic mass is 10.0. The van der Waals surface area contributed by atoms with Gasteiger partial charge < -0.3 is 9.64 Å². The smallest absolute Gasteiger partial charge is 0.232 e. The maximum atomic E-state index is 6.13. The third-order valence-electron chi connectivity index (χ3n) is 2.93. The number of ether oxygens (including phenoxy) is 1. The van der Waals surface area contributed by atoms with Gasteiger partial charge in [-0.25, -0.2) is 4.98 Å². The molecule has 0 N–H and O–H groups in total. The Hall–Kier alpha value is -1.46. The van der Waals surface area contributed by atoms with Gasteiger partial charge in [-0.1, -0.05) is 11.6 Å². The summed E-state index contributed by atoms with van der Waals surface area (Å²) in [6, 6.07) is 1.86. The minimum Gasteiger partial charge on any atom is -0.480 e. The quantitative estimate of drug-likeness (QED) is 0.786. The topological polar surface area (TPSA) is 37.7 Å². The number of amidine groups is 1. The molecular formula is C13H12ClN3OS.